The van der Waals surface area contributed by atoms with Gasteiger partial charge in [0.05, 0.1) is 5.56 Å². The molecule has 0 saturated heterocycles. The Bertz CT molecular complexity index is 379. The van der Waals surface area contributed by atoms with E-state index in [1.165, 1.54) is 6.07 Å². The molecule has 1 aromatic rings. The molecule has 6 heteroatoms. The van der Waals surface area contributed by atoms with E-state index in [2.05, 4.69) is 21.2 Å². The van der Waals surface area contributed by atoms with E-state index in [-0.39, 0.29) is 5.92 Å². The average Bonchev–Trinajstić information content (AvgIpc) is 2.25. The van der Waals surface area contributed by atoms with Crippen LogP contribution in [0.2, 0.25) is 0 Å². The lowest BCUT2D eigenvalue weighted by Crippen LogP contribution is -2.20. The first-order chi connectivity index (χ1) is 7.84. The summed E-state index contributed by atoms with van der Waals surface area (Å²) in [5, 5.41) is 3.05. The minimum absolute atomic E-state index is 0.268. The summed E-state index contributed by atoms with van der Waals surface area (Å²) in [5.74, 6) is 0.268. The normalized spacial score (nSPS) is 13.5. The number of nitrogens with one attached hydrogen (secondary N) is 1. The van der Waals surface area contributed by atoms with Crippen LogP contribution in [-0.2, 0) is 6.18 Å². The fraction of sp³-hybridized carbons (Fsp3) is 0.455. The number of hydrogen-bond donors (Lipinski definition) is 2. The van der Waals surface area contributed by atoms with E-state index in [1.807, 2.05) is 6.92 Å². The van der Waals surface area contributed by atoms with Crippen LogP contribution in [0.5, 0.6) is 0 Å². The van der Waals surface area contributed by atoms with Crippen molar-refractivity contribution in [3.63, 3.8) is 0 Å². The third-order valence-electron chi connectivity index (χ3n) is 2.34. The Hall–Kier alpha value is -0.750. The van der Waals surface area contributed by atoms with E-state index < -0.39 is 11.7 Å². The quantitative estimate of drug-likeness (QED) is 0.893. The molecule has 0 heterocycles. The molecule has 0 saturated carbocycles. The molecular weight excluding hydrogens is 297 g/mol. The molecule has 0 aliphatic heterocycles. The van der Waals surface area contributed by atoms with Gasteiger partial charge in [0, 0.05) is 16.7 Å². The second-order valence-electron chi connectivity index (χ2n) is 3.91. The Morgan fingerprint density at radius 2 is 2.06 bits per heavy atom. The highest BCUT2D eigenvalue weighted by molar-refractivity contribution is 9.10. The van der Waals surface area contributed by atoms with Gasteiger partial charge in [-0.3, -0.25) is 0 Å². The van der Waals surface area contributed by atoms with E-state index in [1.54, 1.807) is 0 Å². The standard InChI is InChI=1S/C11H14BrF3N2/c1-7(5-16)6-17-10-3-2-8(4-9(10)12)11(13,14)15/h2-4,7,17H,5-6,16H2,1H3. The lowest BCUT2D eigenvalue weighted by molar-refractivity contribution is -0.137. The predicted molar refractivity (Wildman–Crippen MR) is 65.9 cm³/mol. The van der Waals surface area contributed by atoms with Crippen molar-refractivity contribution >= 4 is 21.6 Å². The monoisotopic (exact) mass is 310 g/mol. The van der Waals surface area contributed by atoms with Gasteiger partial charge in [-0.05, 0) is 46.6 Å². The van der Waals surface area contributed by atoms with Crippen LogP contribution in [0.15, 0.2) is 22.7 Å². The van der Waals surface area contributed by atoms with Gasteiger partial charge in [-0.2, -0.15) is 13.2 Å². The molecule has 0 aliphatic rings. The number of rotatable bonds is 4. The van der Waals surface area contributed by atoms with Gasteiger partial charge in [-0.15, -0.1) is 0 Å². The van der Waals surface area contributed by atoms with Crippen molar-refractivity contribution in [3.05, 3.63) is 28.2 Å². The first-order valence-corrected chi connectivity index (χ1v) is 5.94. The fourth-order valence-electron chi connectivity index (χ4n) is 1.20. The van der Waals surface area contributed by atoms with Crippen molar-refractivity contribution in [1.82, 2.24) is 0 Å². The summed E-state index contributed by atoms with van der Waals surface area (Å²) in [5.41, 5.74) is 5.43. The van der Waals surface area contributed by atoms with Crippen LogP contribution >= 0.6 is 15.9 Å². The van der Waals surface area contributed by atoms with Gasteiger partial charge in [-0.1, -0.05) is 6.92 Å². The number of anilines is 1. The molecule has 0 aliphatic carbocycles. The number of halogens is 4. The molecule has 0 aromatic heterocycles. The summed E-state index contributed by atoms with van der Waals surface area (Å²) in [7, 11) is 0. The molecule has 0 radical (unpaired) electrons. The predicted octanol–water partition coefficient (Wildman–Crippen LogP) is 3.47. The Morgan fingerprint density at radius 3 is 2.53 bits per heavy atom. The van der Waals surface area contributed by atoms with Crippen molar-refractivity contribution in [3.8, 4) is 0 Å². The van der Waals surface area contributed by atoms with E-state index in [0.29, 0.717) is 23.2 Å². The van der Waals surface area contributed by atoms with Gasteiger partial charge in [0.25, 0.3) is 0 Å². The van der Waals surface area contributed by atoms with Crippen molar-refractivity contribution < 1.29 is 13.2 Å². The summed E-state index contributed by atoms with van der Waals surface area (Å²) in [6, 6.07) is 3.53. The summed E-state index contributed by atoms with van der Waals surface area (Å²) >= 11 is 3.12. The van der Waals surface area contributed by atoms with Gasteiger partial charge in [0.2, 0.25) is 0 Å². The lowest BCUT2D eigenvalue weighted by Gasteiger charge is -2.14. The average molecular weight is 311 g/mol. The van der Waals surface area contributed by atoms with Gasteiger partial charge >= 0.3 is 6.18 Å². The van der Waals surface area contributed by atoms with Crippen molar-refractivity contribution in [2.24, 2.45) is 11.7 Å². The molecule has 1 atom stereocenters. The molecule has 3 N–H and O–H groups in total. The summed E-state index contributed by atoms with van der Waals surface area (Å²) in [6.45, 7) is 3.12. The van der Waals surface area contributed by atoms with Crippen LogP contribution in [-0.4, -0.2) is 13.1 Å². The molecule has 0 bridgehead atoms. The van der Waals surface area contributed by atoms with Crippen LogP contribution in [0.25, 0.3) is 0 Å². The number of nitrogens with two attached hydrogens (primary N) is 1. The highest BCUT2D eigenvalue weighted by Crippen LogP contribution is 2.33. The zero-order chi connectivity index (χ0) is 13.1. The molecule has 17 heavy (non-hydrogen) atoms. The summed E-state index contributed by atoms with van der Waals surface area (Å²) in [6.07, 6.45) is -4.31. The van der Waals surface area contributed by atoms with E-state index in [4.69, 9.17) is 5.73 Å². The van der Waals surface area contributed by atoms with Crippen molar-refractivity contribution in [2.75, 3.05) is 18.4 Å². The van der Waals surface area contributed by atoms with Crippen LogP contribution in [0.1, 0.15) is 12.5 Å². The third kappa shape index (κ3) is 4.20. The lowest BCUT2D eigenvalue weighted by atomic mass is 10.1. The number of benzene rings is 1. The molecular formula is C11H14BrF3N2. The first-order valence-electron chi connectivity index (χ1n) is 5.15. The maximum atomic E-state index is 12.4. The van der Waals surface area contributed by atoms with E-state index in [9.17, 15) is 13.2 Å². The molecule has 0 amide bonds. The Balaban J connectivity index is 2.77. The van der Waals surface area contributed by atoms with Crippen LogP contribution < -0.4 is 11.1 Å². The number of alkyl halides is 3. The Kier molecular flexibility index (Phi) is 4.82. The SMILES string of the molecule is CC(CN)CNc1ccc(C(F)(F)F)cc1Br. The van der Waals surface area contributed by atoms with Gasteiger partial charge in [-0.25, -0.2) is 0 Å². The maximum Gasteiger partial charge on any atom is 0.416 e. The topological polar surface area (TPSA) is 38.0 Å². The second kappa shape index (κ2) is 5.73. The van der Waals surface area contributed by atoms with E-state index in [0.717, 1.165) is 12.1 Å². The third-order valence-corrected chi connectivity index (χ3v) is 3.00. The maximum absolute atomic E-state index is 12.4. The highest BCUT2D eigenvalue weighted by atomic mass is 79.9. The molecule has 96 valence electrons. The van der Waals surface area contributed by atoms with Crippen molar-refractivity contribution in [2.45, 2.75) is 13.1 Å². The Labute approximate surface area is 107 Å². The Morgan fingerprint density at radius 1 is 1.41 bits per heavy atom. The number of hydrogen-bond acceptors (Lipinski definition) is 2. The molecule has 0 spiro atoms. The van der Waals surface area contributed by atoms with Crippen LogP contribution in [0, 0.1) is 5.92 Å². The molecule has 0 fully saturated rings. The molecule has 1 unspecified atom stereocenters. The second-order valence-corrected chi connectivity index (χ2v) is 4.77. The van der Waals surface area contributed by atoms with Gasteiger partial charge in [0.15, 0.2) is 0 Å². The molecule has 2 nitrogen and oxygen atoms in total. The zero-order valence-corrected chi connectivity index (χ0v) is 10.9. The van der Waals surface area contributed by atoms with Gasteiger partial charge < -0.3 is 11.1 Å². The highest BCUT2D eigenvalue weighted by Gasteiger charge is 2.30. The fourth-order valence-corrected chi connectivity index (χ4v) is 1.72. The van der Waals surface area contributed by atoms with Crippen molar-refractivity contribution in [1.29, 1.82) is 0 Å². The van der Waals surface area contributed by atoms with Crippen LogP contribution in [0.3, 0.4) is 0 Å². The first kappa shape index (κ1) is 14.3. The molecule has 1 rings (SSSR count). The summed E-state index contributed by atoms with van der Waals surface area (Å²) in [4.78, 5) is 0. The zero-order valence-electron chi connectivity index (χ0n) is 9.31. The van der Waals surface area contributed by atoms with Crippen LogP contribution in [0.4, 0.5) is 18.9 Å². The summed E-state index contributed by atoms with van der Waals surface area (Å²) < 4.78 is 37.6. The minimum atomic E-state index is -4.31. The molecule has 1 aromatic carbocycles. The smallest absolute Gasteiger partial charge is 0.384 e. The van der Waals surface area contributed by atoms with Gasteiger partial charge in [0.1, 0.15) is 0 Å². The van der Waals surface area contributed by atoms with E-state index >= 15 is 0 Å². The minimum Gasteiger partial charge on any atom is -0.384 e. The largest absolute Gasteiger partial charge is 0.416 e.